The molecule has 32 heavy (non-hydrogen) atoms. The van der Waals surface area contributed by atoms with Gasteiger partial charge in [0.15, 0.2) is 0 Å². The zero-order valence-corrected chi connectivity index (χ0v) is 19.4. The molecule has 2 N–H and O–H groups in total. The van der Waals surface area contributed by atoms with Gasteiger partial charge >= 0.3 is 5.97 Å². The van der Waals surface area contributed by atoms with Crippen LogP contribution >= 0.6 is 0 Å². The van der Waals surface area contributed by atoms with Gasteiger partial charge in [-0.15, -0.1) is 0 Å². The van der Waals surface area contributed by atoms with Crippen molar-refractivity contribution in [3.63, 3.8) is 0 Å². The maximum absolute atomic E-state index is 12.7. The molecule has 0 spiro atoms. The monoisotopic (exact) mass is 442 g/mol. The normalized spacial score (nSPS) is 20.5. The van der Waals surface area contributed by atoms with Crippen LogP contribution in [0.3, 0.4) is 0 Å². The number of carbonyl (C=O) groups is 2. The van der Waals surface area contributed by atoms with Gasteiger partial charge in [-0.05, 0) is 51.2 Å². The van der Waals surface area contributed by atoms with Crippen LogP contribution in [0.5, 0.6) is 0 Å². The number of nitrogens with one attached hydrogen (secondary N) is 1. The first kappa shape index (κ1) is 24.0. The van der Waals surface area contributed by atoms with E-state index in [4.69, 9.17) is 9.15 Å². The number of carboxylic acids is 1. The zero-order valence-electron chi connectivity index (χ0n) is 19.4. The molecule has 1 aromatic heterocycles. The van der Waals surface area contributed by atoms with E-state index in [1.807, 2.05) is 52.0 Å². The molecule has 0 bridgehead atoms. The molecule has 3 rings (SSSR count). The number of carboxylic acid groups (broad SMARTS) is 1. The van der Waals surface area contributed by atoms with Crippen LogP contribution in [-0.2, 0) is 20.9 Å². The Labute approximate surface area is 189 Å². The van der Waals surface area contributed by atoms with Gasteiger partial charge in [0.2, 0.25) is 11.8 Å². The summed E-state index contributed by atoms with van der Waals surface area (Å²) in [6.07, 6.45) is 3.70. The molecule has 1 fully saturated rings. The quantitative estimate of drug-likeness (QED) is 0.586. The highest BCUT2D eigenvalue weighted by Gasteiger charge is 2.32. The van der Waals surface area contributed by atoms with E-state index in [0.29, 0.717) is 25.3 Å². The van der Waals surface area contributed by atoms with Crippen LogP contribution in [0.1, 0.15) is 63.0 Å². The van der Waals surface area contributed by atoms with Crippen molar-refractivity contribution in [2.24, 2.45) is 11.8 Å². The highest BCUT2D eigenvalue weighted by atomic mass is 16.5. The minimum absolute atomic E-state index is 0.0645. The Morgan fingerprint density at radius 1 is 1.25 bits per heavy atom. The van der Waals surface area contributed by atoms with E-state index in [1.165, 1.54) is 5.56 Å². The van der Waals surface area contributed by atoms with Crippen molar-refractivity contribution in [3.8, 4) is 11.5 Å². The average molecular weight is 443 g/mol. The predicted octanol–water partition coefficient (Wildman–Crippen LogP) is 4.65. The molecule has 7 heteroatoms. The lowest BCUT2D eigenvalue weighted by Gasteiger charge is -2.30. The average Bonchev–Trinajstić information content (AvgIpc) is 3.16. The number of aliphatic carboxylic acids is 1. The highest BCUT2D eigenvalue weighted by molar-refractivity contribution is 5.85. The maximum atomic E-state index is 12.7. The Morgan fingerprint density at radius 2 is 1.97 bits per heavy atom. The van der Waals surface area contributed by atoms with E-state index >= 15 is 0 Å². The number of aryl methyl sites for hydroxylation is 2. The van der Waals surface area contributed by atoms with Gasteiger partial charge < -0.3 is 19.6 Å². The van der Waals surface area contributed by atoms with Crippen LogP contribution < -0.4 is 5.32 Å². The van der Waals surface area contributed by atoms with Gasteiger partial charge in [-0.3, -0.25) is 4.79 Å². The summed E-state index contributed by atoms with van der Waals surface area (Å²) in [6.45, 7) is 8.00. The molecule has 4 atom stereocenters. The molecule has 1 heterocycles. The number of aromatic nitrogens is 1. The SMILES string of the molecule is CCC(C)[C@@H](NC(=O)C1CCCC(OCc2nc(-c3ccc(C)cc3)oc2C)C1)C(=O)O. The highest BCUT2D eigenvalue weighted by Crippen LogP contribution is 2.29. The second-order valence-corrected chi connectivity index (χ2v) is 8.89. The molecule has 1 aliphatic carbocycles. The van der Waals surface area contributed by atoms with Crippen molar-refractivity contribution >= 4 is 11.9 Å². The van der Waals surface area contributed by atoms with Crippen LogP contribution in [0, 0.1) is 25.7 Å². The minimum Gasteiger partial charge on any atom is -0.480 e. The first-order valence-corrected chi connectivity index (χ1v) is 11.5. The molecule has 3 unspecified atom stereocenters. The molecule has 0 aliphatic heterocycles. The van der Waals surface area contributed by atoms with Crippen molar-refractivity contribution in [2.75, 3.05) is 0 Å². The number of nitrogens with zero attached hydrogens (tertiary/aromatic N) is 1. The molecule has 1 aromatic carbocycles. The molecule has 1 saturated carbocycles. The summed E-state index contributed by atoms with van der Waals surface area (Å²) in [7, 11) is 0. The van der Waals surface area contributed by atoms with Gasteiger partial charge in [0, 0.05) is 11.5 Å². The fourth-order valence-electron chi connectivity index (χ4n) is 4.07. The van der Waals surface area contributed by atoms with E-state index < -0.39 is 12.0 Å². The van der Waals surface area contributed by atoms with E-state index in [2.05, 4.69) is 10.3 Å². The van der Waals surface area contributed by atoms with E-state index in [0.717, 1.165) is 36.3 Å². The first-order chi connectivity index (χ1) is 15.3. The Morgan fingerprint density at radius 3 is 2.62 bits per heavy atom. The Bertz CT molecular complexity index is 921. The molecule has 0 radical (unpaired) electrons. The van der Waals surface area contributed by atoms with Gasteiger partial charge in [-0.25, -0.2) is 9.78 Å². The number of rotatable bonds is 9. The fraction of sp³-hybridized carbons (Fsp3) is 0.560. The van der Waals surface area contributed by atoms with Crippen molar-refractivity contribution in [2.45, 2.75) is 78.6 Å². The molecule has 2 aromatic rings. The topological polar surface area (TPSA) is 102 Å². The second-order valence-electron chi connectivity index (χ2n) is 8.89. The van der Waals surface area contributed by atoms with Crippen LogP contribution in [0.15, 0.2) is 28.7 Å². The predicted molar refractivity (Wildman–Crippen MR) is 121 cm³/mol. The lowest BCUT2D eigenvalue weighted by Crippen LogP contribution is -2.48. The van der Waals surface area contributed by atoms with Crippen molar-refractivity contribution in [1.29, 1.82) is 0 Å². The summed E-state index contributed by atoms with van der Waals surface area (Å²) < 4.78 is 11.9. The van der Waals surface area contributed by atoms with E-state index in [-0.39, 0.29) is 23.8 Å². The van der Waals surface area contributed by atoms with Crippen LogP contribution in [0.4, 0.5) is 0 Å². The standard InChI is InChI=1S/C25H34N2O5/c1-5-16(3)22(25(29)30)27-23(28)19-7-6-8-20(13-19)31-14-21-17(4)32-24(26-21)18-11-9-15(2)10-12-18/h9-12,16,19-20,22H,5-8,13-14H2,1-4H3,(H,27,28)(H,29,30)/t16?,19?,20?,22-/m1/s1. The van der Waals surface area contributed by atoms with Crippen molar-refractivity contribution in [3.05, 3.63) is 41.3 Å². The lowest BCUT2D eigenvalue weighted by molar-refractivity contribution is -0.144. The minimum atomic E-state index is -0.984. The fourth-order valence-corrected chi connectivity index (χ4v) is 4.07. The molecule has 1 aliphatic rings. The number of carbonyl (C=O) groups excluding carboxylic acids is 1. The molecule has 174 valence electrons. The zero-order chi connectivity index (χ0) is 23.3. The van der Waals surface area contributed by atoms with Crippen LogP contribution in [0.25, 0.3) is 11.5 Å². The summed E-state index contributed by atoms with van der Waals surface area (Å²) in [5.41, 5.74) is 2.86. The Balaban J connectivity index is 1.57. The van der Waals surface area contributed by atoms with E-state index in [9.17, 15) is 14.7 Å². The summed E-state index contributed by atoms with van der Waals surface area (Å²) >= 11 is 0. The van der Waals surface area contributed by atoms with Crippen LogP contribution in [-0.4, -0.2) is 34.1 Å². The largest absolute Gasteiger partial charge is 0.480 e. The van der Waals surface area contributed by atoms with E-state index in [1.54, 1.807) is 0 Å². The van der Waals surface area contributed by atoms with Gasteiger partial charge in [0.25, 0.3) is 0 Å². The summed E-state index contributed by atoms with van der Waals surface area (Å²) in [4.78, 5) is 28.9. The van der Waals surface area contributed by atoms with Crippen molar-refractivity contribution in [1.82, 2.24) is 10.3 Å². The first-order valence-electron chi connectivity index (χ1n) is 11.5. The third-order valence-electron chi connectivity index (χ3n) is 6.42. The number of hydrogen-bond donors (Lipinski definition) is 2. The molecular weight excluding hydrogens is 408 g/mol. The summed E-state index contributed by atoms with van der Waals surface area (Å²) in [5, 5.41) is 12.2. The Hall–Kier alpha value is -2.67. The molecule has 7 nitrogen and oxygen atoms in total. The smallest absolute Gasteiger partial charge is 0.326 e. The lowest BCUT2D eigenvalue weighted by atomic mass is 9.86. The molecule has 0 saturated heterocycles. The van der Waals surface area contributed by atoms with Crippen LogP contribution in [0.2, 0.25) is 0 Å². The molecule has 1 amide bonds. The number of oxazole rings is 1. The summed E-state index contributed by atoms with van der Waals surface area (Å²) in [6, 6.07) is 7.16. The number of benzene rings is 1. The van der Waals surface area contributed by atoms with Gasteiger partial charge in [-0.2, -0.15) is 0 Å². The van der Waals surface area contributed by atoms with Gasteiger partial charge in [0.05, 0.1) is 12.7 Å². The number of ether oxygens (including phenoxy) is 1. The number of amides is 1. The Kier molecular flexibility index (Phi) is 8.07. The number of hydrogen-bond acceptors (Lipinski definition) is 5. The summed E-state index contributed by atoms with van der Waals surface area (Å²) in [5.74, 6) is -0.228. The third kappa shape index (κ3) is 5.97. The third-order valence-corrected chi connectivity index (χ3v) is 6.42. The van der Waals surface area contributed by atoms with Gasteiger partial charge in [0.1, 0.15) is 17.5 Å². The van der Waals surface area contributed by atoms with Gasteiger partial charge in [-0.1, -0.05) is 44.4 Å². The van der Waals surface area contributed by atoms with Crippen molar-refractivity contribution < 1.29 is 23.8 Å². The maximum Gasteiger partial charge on any atom is 0.326 e. The molecular formula is C25H34N2O5. The second kappa shape index (κ2) is 10.8.